The number of pyridine rings is 1. The predicted octanol–water partition coefficient (Wildman–Crippen LogP) is 6.11. The zero-order valence-electron chi connectivity index (χ0n) is 29.9. The third kappa shape index (κ3) is 9.67. The maximum absolute atomic E-state index is 12.9. The van der Waals surface area contributed by atoms with E-state index in [1.165, 1.54) is 4.90 Å². The van der Waals surface area contributed by atoms with E-state index in [2.05, 4.69) is 27.1 Å². The highest BCUT2D eigenvalue weighted by atomic mass is 16.7. The number of carbonyl (C=O) groups is 2. The summed E-state index contributed by atoms with van der Waals surface area (Å²) in [7, 11) is 3.07. The minimum absolute atomic E-state index is 0.119. The fourth-order valence-corrected chi connectivity index (χ4v) is 4.78. The Hall–Kier alpha value is -3.15. The third-order valence-electron chi connectivity index (χ3n) is 8.00. The van der Waals surface area contributed by atoms with Gasteiger partial charge in [-0.25, -0.2) is 9.78 Å². The van der Waals surface area contributed by atoms with Gasteiger partial charge in [0.1, 0.15) is 11.4 Å². The molecule has 11 heteroatoms. The van der Waals surface area contributed by atoms with Crippen LogP contribution in [0.5, 0.6) is 0 Å². The minimum atomic E-state index is -0.712. The van der Waals surface area contributed by atoms with E-state index in [1.54, 1.807) is 7.05 Å². The molecule has 2 aromatic rings. The number of nitrogens with zero attached hydrogens (tertiary/aromatic N) is 4. The lowest BCUT2D eigenvalue weighted by Gasteiger charge is -2.33. The smallest absolute Gasteiger partial charge is 0.444 e. The second kappa shape index (κ2) is 15.9. The lowest BCUT2D eigenvalue weighted by molar-refractivity contribution is 0.00578. The Bertz CT molecular complexity index is 1240. The summed E-state index contributed by atoms with van der Waals surface area (Å²) < 4.78 is 18.2. The van der Waals surface area contributed by atoms with Crippen LogP contribution in [0.3, 0.4) is 0 Å². The van der Waals surface area contributed by atoms with E-state index in [4.69, 9.17) is 14.0 Å². The van der Waals surface area contributed by atoms with Crippen molar-refractivity contribution >= 4 is 42.2 Å². The Morgan fingerprint density at radius 3 is 2.09 bits per heavy atom. The molecule has 0 radical (unpaired) electrons. The molecule has 250 valence electrons. The van der Waals surface area contributed by atoms with Gasteiger partial charge in [0.25, 0.3) is 0 Å². The molecule has 0 spiro atoms. The molecule has 45 heavy (non-hydrogen) atoms. The molecular formula is C34H56BN5O5. The highest BCUT2D eigenvalue weighted by molar-refractivity contribution is 6.62. The average Bonchev–Trinajstić information content (AvgIpc) is 3.21. The average molecular weight is 626 g/mol. The molecule has 0 aliphatic carbocycles. The van der Waals surface area contributed by atoms with E-state index >= 15 is 0 Å². The molecule has 3 heterocycles. The van der Waals surface area contributed by atoms with Gasteiger partial charge < -0.3 is 34.1 Å². The molecule has 0 saturated carbocycles. The minimum Gasteiger partial charge on any atom is -0.444 e. The molecule has 0 unspecified atom stereocenters. The van der Waals surface area contributed by atoms with Crippen LogP contribution in [0, 0.1) is 0 Å². The summed E-state index contributed by atoms with van der Waals surface area (Å²) in [5.41, 5.74) is 1.55. The Morgan fingerprint density at radius 1 is 1.02 bits per heavy atom. The van der Waals surface area contributed by atoms with Crippen LogP contribution in [0.2, 0.25) is 0 Å². The maximum Gasteiger partial charge on any atom is 0.495 e. The molecule has 1 amide bonds. The number of amides is 1. The van der Waals surface area contributed by atoms with Crippen LogP contribution in [0.1, 0.15) is 92.1 Å². The Kier molecular flexibility index (Phi) is 13.5. The number of aromatic nitrogens is 1. The first kappa shape index (κ1) is 38.0. The fraction of sp³-hybridized carbons (Fsp3) is 0.618. The number of ether oxygens (including phenoxy) is 1. The third-order valence-corrected chi connectivity index (χ3v) is 8.00. The second-order valence-electron chi connectivity index (χ2n) is 13.0. The van der Waals surface area contributed by atoms with Gasteiger partial charge in [0, 0.05) is 45.3 Å². The van der Waals surface area contributed by atoms with Crippen molar-refractivity contribution in [2.45, 2.75) is 99.5 Å². The van der Waals surface area contributed by atoms with E-state index in [-0.39, 0.29) is 6.54 Å². The first-order valence-electron chi connectivity index (χ1n) is 16.2. The Labute approximate surface area is 271 Å². The lowest BCUT2D eigenvalue weighted by atomic mass is 9.74. The Morgan fingerprint density at radius 2 is 1.60 bits per heavy atom. The summed E-state index contributed by atoms with van der Waals surface area (Å²) in [6.07, 6.45) is 2.16. The van der Waals surface area contributed by atoms with Crippen molar-refractivity contribution in [1.82, 2.24) is 14.8 Å². The predicted molar refractivity (Wildman–Crippen MR) is 185 cm³/mol. The van der Waals surface area contributed by atoms with Crippen molar-refractivity contribution < 1.29 is 23.6 Å². The monoisotopic (exact) mass is 625 g/mol. The van der Waals surface area contributed by atoms with Crippen molar-refractivity contribution in [3.05, 3.63) is 41.6 Å². The van der Waals surface area contributed by atoms with Gasteiger partial charge >= 0.3 is 13.2 Å². The molecular weight excluding hydrogens is 569 g/mol. The number of piperazine rings is 1. The summed E-state index contributed by atoms with van der Waals surface area (Å²) in [6.45, 7) is 25.4. The van der Waals surface area contributed by atoms with Gasteiger partial charge in [-0.05, 0) is 84.7 Å². The number of hydrogen-bond acceptors (Lipinski definition) is 9. The number of carbonyl (C=O) groups excluding carboxylic acids is 2. The van der Waals surface area contributed by atoms with Crippen LogP contribution in [-0.2, 0) is 20.6 Å². The van der Waals surface area contributed by atoms with Crippen LogP contribution in [0.4, 0.5) is 22.0 Å². The van der Waals surface area contributed by atoms with E-state index in [1.807, 2.05) is 107 Å². The SMILES string of the molecule is CC.CC.CN1CCN(c2ccc(Nc3ccc(B4OC(C)(C)C(C)(C)O4)c(CN(C)C(=O)OC(C)(C)C)c3C=O)nc2)CC1. The molecule has 0 bridgehead atoms. The van der Waals surface area contributed by atoms with Crippen molar-refractivity contribution in [1.29, 1.82) is 0 Å². The molecule has 4 rings (SSSR count). The zero-order chi connectivity index (χ0) is 34.2. The van der Waals surface area contributed by atoms with E-state index < -0.39 is 30.0 Å². The summed E-state index contributed by atoms with van der Waals surface area (Å²) in [4.78, 5) is 36.2. The van der Waals surface area contributed by atoms with Crippen LogP contribution >= 0.6 is 0 Å². The van der Waals surface area contributed by atoms with Gasteiger partial charge in [0.05, 0.1) is 28.8 Å². The number of anilines is 3. The Balaban J connectivity index is 0.00000169. The lowest BCUT2D eigenvalue weighted by Crippen LogP contribution is -2.44. The highest BCUT2D eigenvalue weighted by Crippen LogP contribution is 2.37. The normalized spacial score (nSPS) is 17.4. The van der Waals surface area contributed by atoms with Gasteiger partial charge in [-0.15, -0.1) is 0 Å². The summed E-state index contributed by atoms with van der Waals surface area (Å²) >= 11 is 0. The molecule has 1 aromatic carbocycles. The highest BCUT2D eigenvalue weighted by Gasteiger charge is 2.52. The van der Waals surface area contributed by atoms with Gasteiger partial charge in [-0.2, -0.15) is 0 Å². The number of aldehydes is 1. The van der Waals surface area contributed by atoms with Gasteiger partial charge in [0.2, 0.25) is 0 Å². The number of hydrogen-bond donors (Lipinski definition) is 1. The molecule has 1 aromatic heterocycles. The number of rotatable bonds is 7. The van der Waals surface area contributed by atoms with Gasteiger partial charge in [-0.3, -0.25) is 4.79 Å². The largest absolute Gasteiger partial charge is 0.495 e. The maximum atomic E-state index is 12.9. The van der Waals surface area contributed by atoms with Crippen molar-refractivity contribution in [2.24, 2.45) is 0 Å². The molecule has 2 aliphatic heterocycles. The molecule has 2 saturated heterocycles. The first-order chi connectivity index (χ1) is 21.1. The standard InChI is InChI=1S/C30H44BN5O5.2C2H6/c1-28(2,3)39-27(38)35(9)19-22-23(20-37)25(12-11-24(22)31-40-29(4,5)30(6,7)41-31)33-26-13-10-21(18-32-26)36-16-14-34(8)15-17-36;2*1-2/h10-13,18,20H,14-17,19H2,1-9H3,(H,32,33);2*1-2H3. The number of benzene rings is 1. The summed E-state index contributed by atoms with van der Waals surface area (Å²) in [5, 5.41) is 3.31. The summed E-state index contributed by atoms with van der Waals surface area (Å²) in [6, 6.07) is 7.67. The molecule has 1 N–H and O–H groups in total. The van der Waals surface area contributed by atoms with E-state index in [0.717, 1.165) is 38.2 Å². The van der Waals surface area contributed by atoms with Crippen molar-refractivity contribution in [3.8, 4) is 0 Å². The van der Waals surface area contributed by atoms with Crippen LogP contribution < -0.4 is 15.7 Å². The van der Waals surface area contributed by atoms with E-state index in [0.29, 0.717) is 28.1 Å². The van der Waals surface area contributed by atoms with Crippen LogP contribution in [0.25, 0.3) is 0 Å². The number of nitrogens with one attached hydrogen (secondary N) is 1. The second-order valence-corrected chi connectivity index (χ2v) is 13.0. The molecule has 2 fully saturated rings. The van der Waals surface area contributed by atoms with Crippen LogP contribution in [0.15, 0.2) is 30.5 Å². The fourth-order valence-electron chi connectivity index (χ4n) is 4.78. The van der Waals surface area contributed by atoms with Gasteiger partial charge in [0.15, 0.2) is 6.29 Å². The molecule has 2 aliphatic rings. The van der Waals surface area contributed by atoms with Gasteiger partial charge in [-0.1, -0.05) is 33.8 Å². The van der Waals surface area contributed by atoms with Crippen molar-refractivity contribution in [2.75, 3.05) is 50.5 Å². The number of likely N-dealkylation sites (N-methyl/N-ethyl adjacent to an activating group) is 1. The molecule has 0 atom stereocenters. The topological polar surface area (TPSA) is 96.5 Å². The quantitative estimate of drug-likeness (QED) is 0.289. The van der Waals surface area contributed by atoms with Crippen molar-refractivity contribution in [3.63, 3.8) is 0 Å². The van der Waals surface area contributed by atoms with E-state index in [9.17, 15) is 9.59 Å². The van der Waals surface area contributed by atoms with Crippen LogP contribution in [-0.4, -0.2) is 91.4 Å². The zero-order valence-corrected chi connectivity index (χ0v) is 29.9. The molecule has 10 nitrogen and oxygen atoms in total. The first-order valence-corrected chi connectivity index (χ1v) is 16.2. The summed E-state index contributed by atoms with van der Waals surface area (Å²) in [5.74, 6) is 0.612.